The fourth-order valence-corrected chi connectivity index (χ4v) is 9.21. The Morgan fingerprint density at radius 1 is 0.512 bits per heavy atom. The van der Waals surface area contributed by atoms with Crippen LogP contribution in [0.25, 0.3) is 0 Å². The molecular formula is C57H83N9O18. The molecule has 4 atom stereocenters. The van der Waals surface area contributed by atoms with Gasteiger partial charge in [0.05, 0.1) is 32.1 Å². The number of carboxylic acids is 4. The molecule has 1 saturated heterocycles. The second-order valence-electron chi connectivity index (χ2n) is 20.5. The van der Waals surface area contributed by atoms with Crippen molar-refractivity contribution in [3.63, 3.8) is 0 Å². The van der Waals surface area contributed by atoms with Gasteiger partial charge >= 0.3 is 29.9 Å². The number of carbonyl (C=O) groups is 12. The third-order valence-corrected chi connectivity index (χ3v) is 13.8. The van der Waals surface area contributed by atoms with E-state index in [-0.39, 0.29) is 134 Å². The summed E-state index contributed by atoms with van der Waals surface area (Å²) in [5.41, 5.74) is 1.65. The maximum atomic E-state index is 14.2. The van der Waals surface area contributed by atoms with Gasteiger partial charge in [-0.2, -0.15) is 0 Å². The molecule has 3 rings (SSSR count). The van der Waals surface area contributed by atoms with Crippen LogP contribution in [0, 0.1) is 5.92 Å². The average molecular weight is 1180 g/mol. The van der Waals surface area contributed by atoms with Crippen LogP contribution in [-0.4, -0.2) is 222 Å². The summed E-state index contributed by atoms with van der Waals surface area (Å²) in [7, 11) is 0. The second-order valence-corrected chi connectivity index (χ2v) is 20.5. The first kappa shape index (κ1) is 70.4. The van der Waals surface area contributed by atoms with E-state index in [0.29, 0.717) is 65.0 Å². The number of nitrogens with one attached hydrogen (secondary N) is 5. The summed E-state index contributed by atoms with van der Waals surface area (Å²) < 4.78 is 9.63. The Hall–Kier alpha value is -7.88. The molecule has 0 spiro atoms. The summed E-state index contributed by atoms with van der Waals surface area (Å²) >= 11 is 0. The highest BCUT2D eigenvalue weighted by Gasteiger charge is 2.29. The summed E-state index contributed by atoms with van der Waals surface area (Å²) in [5, 5.41) is 50.3. The fraction of sp³-hybridized carbons (Fsp3) is 0.579. The lowest BCUT2D eigenvalue weighted by atomic mass is 9.90. The molecule has 1 aliphatic heterocycles. The lowest BCUT2D eigenvalue weighted by Crippen LogP contribution is -2.50. The molecule has 0 radical (unpaired) electrons. The molecular weight excluding hydrogens is 1100 g/mol. The largest absolute Gasteiger partial charge is 0.481 e. The first-order valence-corrected chi connectivity index (χ1v) is 28.3. The van der Waals surface area contributed by atoms with E-state index in [9.17, 15) is 72.9 Å². The van der Waals surface area contributed by atoms with E-state index in [0.717, 1.165) is 24.0 Å². The zero-order valence-corrected chi connectivity index (χ0v) is 47.5. The molecule has 5 amide bonds. The molecule has 1 aliphatic rings. The third-order valence-electron chi connectivity index (χ3n) is 13.8. The summed E-state index contributed by atoms with van der Waals surface area (Å²) in [6.45, 7) is 2.57. The smallest absolute Gasteiger partial charge is 0.326 e. The van der Waals surface area contributed by atoms with Crippen molar-refractivity contribution in [3.05, 3.63) is 71.8 Å². The molecule has 2 aromatic carbocycles. The Kier molecular flexibility index (Phi) is 34.5. The van der Waals surface area contributed by atoms with Crippen molar-refractivity contribution in [1.82, 2.24) is 46.2 Å². The maximum absolute atomic E-state index is 14.2. The van der Waals surface area contributed by atoms with Crippen LogP contribution in [0.2, 0.25) is 0 Å². The minimum atomic E-state index is -1.47. The van der Waals surface area contributed by atoms with Gasteiger partial charge in [0, 0.05) is 103 Å². The van der Waals surface area contributed by atoms with Crippen molar-refractivity contribution in [3.8, 4) is 0 Å². The first-order chi connectivity index (χ1) is 40.3. The Balaban J connectivity index is 1.52. The summed E-state index contributed by atoms with van der Waals surface area (Å²) in [5.74, 6) is -7.07. The number of benzene rings is 2. The van der Waals surface area contributed by atoms with Crippen LogP contribution < -0.4 is 26.6 Å². The van der Waals surface area contributed by atoms with Gasteiger partial charge in [0.1, 0.15) is 18.6 Å². The number of nitrogens with zero attached hydrogens (tertiary/aromatic N) is 4. The number of aliphatic carboxylic acids is 4. The van der Waals surface area contributed by atoms with E-state index in [1.807, 2.05) is 70.5 Å². The number of ether oxygens (including phenoxy) is 2. The van der Waals surface area contributed by atoms with Gasteiger partial charge in [-0.15, -0.1) is 0 Å². The predicted octanol–water partition coefficient (Wildman–Crippen LogP) is 0.872. The Labute approximate surface area is 488 Å². The minimum absolute atomic E-state index is 0.0149. The number of amides is 5. The number of hydrogen-bond acceptors (Lipinski definition) is 18. The normalized spacial score (nSPS) is 15.2. The van der Waals surface area contributed by atoms with Crippen LogP contribution in [0.4, 0.5) is 4.79 Å². The fourth-order valence-electron chi connectivity index (χ4n) is 9.21. The summed E-state index contributed by atoms with van der Waals surface area (Å²) in [6, 6.07) is 15.0. The predicted molar refractivity (Wildman–Crippen MR) is 302 cm³/mol. The number of rotatable bonds is 41. The van der Waals surface area contributed by atoms with Crippen molar-refractivity contribution < 1.29 is 87.4 Å². The van der Waals surface area contributed by atoms with Crippen LogP contribution in [-0.2, 0) is 75.1 Å². The molecule has 27 nitrogen and oxygen atoms in total. The molecule has 9 N–H and O–H groups in total. The number of unbranched alkanes of at least 4 members (excludes halogenated alkanes) is 4. The van der Waals surface area contributed by atoms with E-state index in [2.05, 4.69) is 31.3 Å². The number of carboxylic acid groups (broad SMARTS) is 4. The van der Waals surface area contributed by atoms with Crippen molar-refractivity contribution in [2.45, 2.75) is 115 Å². The van der Waals surface area contributed by atoms with Crippen LogP contribution in [0.5, 0.6) is 0 Å². The standard InChI is InChI=1S/C57H83N9O18/c67-40-83-39-66-31-29-63(25-26-64(37-53(75)76)27-28-65(30-32-66)38-54(77)78)36-50(72)59-24-12-18-48(70)47(34-43-15-8-5-9-16-43)60-55(79)44(33-42-13-6-4-7-14-42)35-45(69)17-10-2-1-3-11-23-58-49(71)20-19-46(56(80)81)61-57(82)62-51(84-41-68)21-22-52(73)74/h4-9,13-16,40-41,44,46-47,51H,1-3,10-12,17-39H2,(H,58,71)(H,59,72)(H,60,79)(H,73,74)(H,75,76)(H,77,78)(H,80,81)(H2,61,62,82)/t44-,46+,47+,51-/m1/s1. The zero-order chi connectivity index (χ0) is 61.5. The summed E-state index contributed by atoms with van der Waals surface area (Å²) in [4.78, 5) is 154. The lowest BCUT2D eigenvalue weighted by Gasteiger charge is -2.32. The molecule has 0 aliphatic carbocycles. The van der Waals surface area contributed by atoms with Gasteiger partial charge in [-0.1, -0.05) is 79.9 Å². The number of Topliss-reactive ketones (excluding diaryl/α,β-unsaturated/α-hetero) is 2. The van der Waals surface area contributed by atoms with Crippen molar-refractivity contribution in [2.75, 3.05) is 91.8 Å². The van der Waals surface area contributed by atoms with Gasteiger partial charge in [-0.05, 0) is 49.7 Å². The van der Waals surface area contributed by atoms with Gasteiger partial charge < -0.3 is 56.5 Å². The van der Waals surface area contributed by atoms with E-state index < -0.39 is 72.4 Å². The van der Waals surface area contributed by atoms with Gasteiger partial charge in [0.25, 0.3) is 12.9 Å². The van der Waals surface area contributed by atoms with E-state index in [4.69, 9.17) is 9.84 Å². The van der Waals surface area contributed by atoms with Crippen molar-refractivity contribution >= 4 is 72.1 Å². The minimum Gasteiger partial charge on any atom is -0.481 e. The molecule has 27 heteroatoms. The van der Waals surface area contributed by atoms with Crippen molar-refractivity contribution in [1.29, 1.82) is 0 Å². The Bertz CT molecular complexity index is 2400. The highest BCUT2D eigenvalue weighted by Crippen LogP contribution is 2.18. The number of carbonyl (C=O) groups excluding carboxylic acids is 8. The quantitative estimate of drug-likeness (QED) is 0.0253. The Morgan fingerprint density at radius 3 is 1.61 bits per heavy atom. The number of urea groups is 1. The maximum Gasteiger partial charge on any atom is 0.326 e. The molecule has 1 fully saturated rings. The van der Waals surface area contributed by atoms with Gasteiger partial charge in [0.15, 0.2) is 12.0 Å². The molecule has 84 heavy (non-hydrogen) atoms. The topological polar surface area (TPSA) is 377 Å². The third kappa shape index (κ3) is 32.1. The van der Waals surface area contributed by atoms with Crippen LogP contribution in [0.15, 0.2) is 60.7 Å². The highest BCUT2D eigenvalue weighted by atomic mass is 16.5. The molecule has 0 bridgehead atoms. The number of hydrogen-bond donors (Lipinski definition) is 9. The van der Waals surface area contributed by atoms with Crippen LogP contribution >= 0.6 is 0 Å². The zero-order valence-electron chi connectivity index (χ0n) is 47.5. The molecule has 2 aromatic rings. The monoisotopic (exact) mass is 1180 g/mol. The number of ketones is 2. The molecule has 464 valence electrons. The SMILES string of the molecule is O=COCN1CCN(CC(=O)O)CCN(CC(=O)O)CCN(CC(=O)NCCCC(=O)[C@H](Cc2ccccc2)NC(=O)[C@@H](CC(=O)CCCCCCCNC(=O)CC[C@H](NC(=O)N[C@@H](CCC(=O)O)OC=O)C(=O)O)Cc2ccccc2)CC1. The molecule has 1 heterocycles. The van der Waals surface area contributed by atoms with E-state index >= 15 is 0 Å². The van der Waals surface area contributed by atoms with Gasteiger partial charge in [-0.3, -0.25) is 67.5 Å². The average Bonchev–Trinajstić information content (AvgIpc) is 3.61. The molecule has 0 saturated carbocycles. The molecule has 0 unspecified atom stereocenters. The van der Waals surface area contributed by atoms with Gasteiger partial charge in [0.2, 0.25) is 17.7 Å². The van der Waals surface area contributed by atoms with Crippen LogP contribution in [0.1, 0.15) is 94.6 Å². The lowest BCUT2D eigenvalue weighted by molar-refractivity contribution is -0.141. The first-order valence-electron chi connectivity index (χ1n) is 28.3. The van der Waals surface area contributed by atoms with Crippen molar-refractivity contribution in [2.24, 2.45) is 5.92 Å². The Morgan fingerprint density at radius 2 is 1.05 bits per heavy atom. The highest BCUT2D eigenvalue weighted by molar-refractivity contribution is 5.92. The molecule has 0 aromatic heterocycles. The van der Waals surface area contributed by atoms with Crippen LogP contribution in [0.3, 0.4) is 0 Å². The second kappa shape index (κ2) is 41.2. The van der Waals surface area contributed by atoms with E-state index in [1.165, 1.54) is 0 Å². The van der Waals surface area contributed by atoms with Gasteiger partial charge in [-0.25, -0.2) is 9.59 Å². The summed E-state index contributed by atoms with van der Waals surface area (Å²) in [6.07, 6.45) is 1.75. The van der Waals surface area contributed by atoms with E-state index in [1.54, 1.807) is 9.80 Å².